The minimum atomic E-state index is -0.312. The van der Waals surface area contributed by atoms with Crippen molar-refractivity contribution in [1.29, 1.82) is 0 Å². The van der Waals surface area contributed by atoms with Crippen LogP contribution in [0.25, 0.3) is 6.08 Å². The van der Waals surface area contributed by atoms with Crippen molar-refractivity contribution < 1.29 is 14.9 Å². The molecule has 1 aliphatic heterocycles. The Hall–Kier alpha value is -2.20. The molecule has 3 rings (SSSR count). The van der Waals surface area contributed by atoms with Crippen LogP contribution in [0.2, 0.25) is 0 Å². The van der Waals surface area contributed by atoms with Gasteiger partial charge in [-0.2, -0.15) is 0 Å². The molecule has 0 spiro atoms. The molecule has 1 atom stereocenters. The first-order valence-corrected chi connectivity index (χ1v) is 6.71. The van der Waals surface area contributed by atoms with Crippen LogP contribution in [0.15, 0.2) is 41.7 Å². The van der Waals surface area contributed by atoms with E-state index in [0.29, 0.717) is 17.9 Å². The molecule has 0 radical (unpaired) electrons. The van der Waals surface area contributed by atoms with Crippen LogP contribution in [0.4, 0.5) is 0 Å². The molecule has 4 nitrogen and oxygen atoms in total. The predicted octanol–water partition coefficient (Wildman–Crippen LogP) is 2.75. The molecule has 104 valence electrons. The van der Waals surface area contributed by atoms with Gasteiger partial charge in [0.1, 0.15) is 11.9 Å². The second kappa shape index (κ2) is 5.06. The lowest BCUT2D eigenvalue weighted by Gasteiger charge is -2.28. The van der Waals surface area contributed by atoms with E-state index in [1.165, 1.54) is 6.07 Å². The number of hydrogen-bond donors (Lipinski definition) is 3. The Kier molecular flexibility index (Phi) is 3.24. The van der Waals surface area contributed by atoms with Crippen molar-refractivity contribution in [3.05, 3.63) is 52.8 Å². The third-order valence-electron chi connectivity index (χ3n) is 3.61. The maximum Gasteiger partial charge on any atom is 0.165 e. The van der Waals surface area contributed by atoms with Crippen LogP contribution in [0, 0.1) is 0 Å². The van der Waals surface area contributed by atoms with Crippen molar-refractivity contribution in [1.82, 2.24) is 0 Å². The van der Waals surface area contributed by atoms with E-state index in [4.69, 9.17) is 10.5 Å². The monoisotopic (exact) mass is 271 g/mol. The highest BCUT2D eigenvalue weighted by molar-refractivity contribution is 5.71. The summed E-state index contributed by atoms with van der Waals surface area (Å²) in [5.74, 6) is 0.428. The van der Waals surface area contributed by atoms with E-state index in [0.717, 1.165) is 24.0 Å². The number of ether oxygens (including phenoxy) is 1. The van der Waals surface area contributed by atoms with Crippen LogP contribution in [0.1, 0.15) is 30.1 Å². The summed E-state index contributed by atoms with van der Waals surface area (Å²) in [5, 5.41) is 19.7. The van der Waals surface area contributed by atoms with Gasteiger partial charge in [0.25, 0.3) is 0 Å². The third kappa shape index (κ3) is 2.08. The largest absolute Gasteiger partial charge is 0.504 e. The van der Waals surface area contributed by atoms with Gasteiger partial charge in [0.05, 0.1) is 0 Å². The average molecular weight is 271 g/mol. The minimum absolute atomic E-state index is 0.123. The van der Waals surface area contributed by atoms with Crippen molar-refractivity contribution in [3.8, 4) is 11.5 Å². The number of allylic oxidation sites excluding steroid dienone is 3. The Morgan fingerprint density at radius 2 is 2.10 bits per heavy atom. The predicted molar refractivity (Wildman–Crippen MR) is 77.1 cm³/mol. The third-order valence-corrected chi connectivity index (χ3v) is 3.61. The summed E-state index contributed by atoms with van der Waals surface area (Å²) in [4.78, 5) is 0. The number of rotatable bonds is 2. The van der Waals surface area contributed by atoms with Gasteiger partial charge in [-0.25, -0.2) is 0 Å². The van der Waals surface area contributed by atoms with Gasteiger partial charge in [-0.3, -0.25) is 0 Å². The number of phenolic OH excluding ortho intramolecular Hbond substituents is 2. The Balaban J connectivity index is 2.10. The van der Waals surface area contributed by atoms with Gasteiger partial charge in [-0.05, 0) is 25.0 Å². The number of hydrogen-bond acceptors (Lipinski definition) is 4. The first kappa shape index (κ1) is 12.8. The molecule has 1 aromatic carbocycles. The van der Waals surface area contributed by atoms with Crippen molar-refractivity contribution in [2.24, 2.45) is 5.73 Å². The molecule has 20 heavy (non-hydrogen) atoms. The number of fused-ring (bicyclic) bond motifs is 1. The summed E-state index contributed by atoms with van der Waals surface area (Å²) in [6, 6.07) is 3.19. The molecule has 4 heteroatoms. The normalized spacial score (nSPS) is 20.8. The van der Waals surface area contributed by atoms with Crippen LogP contribution >= 0.6 is 0 Å². The summed E-state index contributed by atoms with van der Waals surface area (Å²) >= 11 is 0. The van der Waals surface area contributed by atoms with Gasteiger partial charge >= 0.3 is 0 Å². The topological polar surface area (TPSA) is 75.7 Å². The number of nitrogens with two attached hydrogens (primary N) is 1. The fourth-order valence-corrected chi connectivity index (χ4v) is 2.55. The zero-order chi connectivity index (χ0) is 14.1. The van der Waals surface area contributed by atoms with Crippen LogP contribution in [-0.2, 0) is 4.74 Å². The zero-order valence-electron chi connectivity index (χ0n) is 11.0. The Labute approximate surface area is 117 Å². The van der Waals surface area contributed by atoms with Crippen molar-refractivity contribution in [3.63, 3.8) is 0 Å². The summed E-state index contributed by atoms with van der Waals surface area (Å²) < 4.78 is 5.92. The minimum Gasteiger partial charge on any atom is -0.504 e. The van der Waals surface area contributed by atoms with Crippen LogP contribution in [-0.4, -0.2) is 16.8 Å². The standard InChI is InChI=1S/C16H17NO3/c17-9-15-11-6-7-13(18)16(19)12(11)8-14(20-15)10-4-2-1-3-5-10/h2,4-8,15,18-19H,1,3,9,17H2. The fraction of sp³-hybridized carbons (Fsp3) is 0.250. The van der Waals surface area contributed by atoms with E-state index in [1.54, 1.807) is 12.1 Å². The second-order valence-electron chi connectivity index (χ2n) is 4.93. The number of aromatic hydroxyl groups is 2. The lowest BCUT2D eigenvalue weighted by molar-refractivity contribution is 0.128. The lowest BCUT2D eigenvalue weighted by Crippen LogP contribution is -2.20. The molecular formula is C16H17NO3. The van der Waals surface area contributed by atoms with Gasteiger partial charge in [-0.15, -0.1) is 0 Å². The van der Waals surface area contributed by atoms with Gasteiger partial charge in [-0.1, -0.05) is 24.3 Å². The molecular weight excluding hydrogens is 254 g/mol. The summed E-state index contributed by atoms with van der Waals surface area (Å²) in [6.45, 7) is 0.311. The maximum absolute atomic E-state index is 10.0. The van der Waals surface area contributed by atoms with Crippen LogP contribution in [0.5, 0.6) is 11.5 Å². The van der Waals surface area contributed by atoms with E-state index in [2.05, 4.69) is 12.2 Å². The highest BCUT2D eigenvalue weighted by Crippen LogP contribution is 2.42. The van der Waals surface area contributed by atoms with Gasteiger partial charge in [0, 0.05) is 23.2 Å². The van der Waals surface area contributed by atoms with Crippen LogP contribution in [0.3, 0.4) is 0 Å². The maximum atomic E-state index is 10.0. The fourth-order valence-electron chi connectivity index (χ4n) is 2.55. The Bertz CT molecular complexity index is 629. The molecule has 1 aromatic rings. The molecule has 0 saturated carbocycles. The molecule has 0 saturated heterocycles. The molecule has 0 amide bonds. The van der Waals surface area contributed by atoms with Gasteiger partial charge in [0.2, 0.25) is 0 Å². The highest BCUT2D eigenvalue weighted by atomic mass is 16.5. The van der Waals surface area contributed by atoms with Crippen molar-refractivity contribution in [2.75, 3.05) is 6.54 Å². The molecule has 0 bridgehead atoms. The van der Waals surface area contributed by atoms with Gasteiger partial charge in [0.15, 0.2) is 11.5 Å². The average Bonchev–Trinajstić information content (AvgIpc) is 2.51. The van der Waals surface area contributed by atoms with E-state index in [1.807, 2.05) is 6.08 Å². The number of benzene rings is 1. The summed E-state index contributed by atoms with van der Waals surface area (Å²) in [5.41, 5.74) is 8.14. The summed E-state index contributed by atoms with van der Waals surface area (Å²) in [7, 11) is 0. The first-order valence-electron chi connectivity index (χ1n) is 6.71. The molecule has 0 aromatic heterocycles. The van der Waals surface area contributed by atoms with E-state index >= 15 is 0 Å². The number of phenols is 2. The molecule has 1 heterocycles. The van der Waals surface area contributed by atoms with Crippen molar-refractivity contribution >= 4 is 6.08 Å². The van der Waals surface area contributed by atoms with E-state index < -0.39 is 0 Å². The molecule has 4 N–H and O–H groups in total. The summed E-state index contributed by atoms with van der Waals surface area (Å²) in [6.07, 6.45) is 9.65. The molecule has 2 aliphatic rings. The van der Waals surface area contributed by atoms with Crippen LogP contribution < -0.4 is 5.73 Å². The molecule has 1 aliphatic carbocycles. The van der Waals surface area contributed by atoms with E-state index in [9.17, 15) is 10.2 Å². The van der Waals surface area contributed by atoms with Gasteiger partial charge < -0.3 is 20.7 Å². The SMILES string of the molecule is NCC1OC(C2=CCCC=C2)=Cc2c1ccc(O)c2O. The van der Waals surface area contributed by atoms with Crippen molar-refractivity contribution in [2.45, 2.75) is 18.9 Å². The lowest BCUT2D eigenvalue weighted by atomic mass is 9.95. The highest BCUT2D eigenvalue weighted by Gasteiger charge is 2.26. The smallest absolute Gasteiger partial charge is 0.165 e. The first-order chi connectivity index (χ1) is 9.70. The Morgan fingerprint density at radius 3 is 2.80 bits per heavy atom. The second-order valence-corrected chi connectivity index (χ2v) is 4.93. The molecule has 0 fully saturated rings. The quantitative estimate of drug-likeness (QED) is 0.723. The molecule has 1 unspecified atom stereocenters. The zero-order valence-corrected chi connectivity index (χ0v) is 11.0. The van der Waals surface area contributed by atoms with E-state index in [-0.39, 0.29) is 17.6 Å². The Morgan fingerprint density at radius 1 is 1.25 bits per heavy atom.